The fourth-order valence-electron chi connectivity index (χ4n) is 9.48. The van der Waals surface area contributed by atoms with E-state index in [4.69, 9.17) is 14.2 Å². The van der Waals surface area contributed by atoms with E-state index in [9.17, 15) is 14.4 Å². The zero-order chi connectivity index (χ0) is 55.7. The molecule has 1 atom stereocenters. The lowest BCUT2D eigenvalue weighted by atomic mass is 10.0. The average molecular weight is 1070 g/mol. The van der Waals surface area contributed by atoms with Crippen LogP contribution in [0.1, 0.15) is 329 Å². The van der Waals surface area contributed by atoms with Crippen LogP contribution in [0.4, 0.5) is 0 Å². The van der Waals surface area contributed by atoms with Crippen molar-refractivity contribution in [2.24, 2.45) is 0 Å². The highest BCUT2D eigenvalue weighted by Gasteiger charge is 2.19. The van der Waals surface area contributed by atoms with E-state index in [1.807, 2.05) is 0 Å². The molecule has 0 bridgehead atoms. The standard InChI is InChI=1S/C71H124O6/c1-4-7-10-13-16-19-22-24-26-28-29-30-31-32-33-34-35-36-37-38-39-40-41-42-43-44-46-47-49-52-55-58-61-64-70(73)76-67-68(66-75-69(72)63-60-57-54-51-21-18-15-12-9-6-3)77-71(74)65-62-59-56-53-50-48-45-27-25-23-20-17-14-11-8-5-2/h7,10,16,19,24,26,29-30,32-33,35-36,38-39,68H,4-6,8-9,11-15,17-18,20-23,25,27-28,31,34,37,40-67H2,1-3H3/b10-7-,19-16-,26-24-,30-29-,33-32-,36-35-,39-38-. The van der Waals surface area contributed by atoms with Gasteiger partial charge in [0.1, 0.15) is 13.2 Å². The zero-order valence-electron chi connectivity index (χ0n) is 51.0. The summed E-state index contributed by atoms with van der Waals surface area (Å²) >= 11 is 0. The molecule has 1 unspecified atom stereocenters. The number of ether oxygens (including phenoxy) is 3. The fraction of sp³-hybridized carbons (Fsp3) is 0.761. The van der Waals surface area contributed by atoms with Crippen LogP contribution in [0.3, 0.4) is 0 Å². The number of allylic oxidation sites excluding steroid dienone is 14. The molecular weight excluding hydrogens is 949 g/mol. The van der Waals surface area contributed by atoms with E-state index in [0.717, 1.165) is 103 Å². The smallest absolute Gasteiger partial charge is 0.306 e. The Morgan fingerprint density at radius 1 is 0.273 bits per heavy atom. The van der Waals surface area contributed by atoms with Crippen molar-refractivity contribution in [1.82, 2.24) is 0 Å². The van der Waals surface area contributed by atoms with Crippen LogP contribution in [0.25, 0.3) is 0 Å². The first-order valence-corrected chi connectivity index (χ1v) is 33.1. The van der Waals surface area contributed by atoms with Crippen molar-refractivity contribution in [2.45, 2.75) is 335 Å². The average Bonchev–Trinajstić information content (AvgIpc) is 3.43. The van der Waals surface area contributed by atoms with Gasteiger partial charge < -0.3 is 14.2 Å². The van der Waals surface area contributed by atoms with E-state index >= 15 is 0 Å². The third-order valence-corrected chi connectivity index (χ3v) is 14.4. The van der Waals surface area contributed by atoms with Crippen LogP contribution in [0.5, 0.6) is 0 Å². The molecule has 0 spiro atoms. The number of rotatable bonds is 60. The molecule has 6 nitrogen and oxygen atoms in total. The molecular formula is C71H124O6. The van der Waals surface area contributed by atoms with Crippen molar-refractivity contribution >= 4 is 17.9 Å². The van der Waals surface area contributed by atoms with Gasteiger partial charge in [0.25, 0.3) is 0 Å². The van der Waals surface area contributed by atoms with E-state index in [2.05, 4.69) is 106 Å². The van der Waals surface area contributed by atoms with Crippen LogP contribution in [0.2, 0.25) is 0 Å². The van der Waals surface area contributed by atoms with Gasteiger partial charge in [0.15, 0.2) is 6.10 Å². The maximum atomic E-state index is 12.9. The second-order valence-corrected chi connectivity index (χ2v) is 22.0. The van der Waals surface area contributed by atoms with Crippen LogP contribution < -0.4 is 0 Å². The minimum atomic E-state index is -0.773. The first-order chi connectivity index (χ1) is 38.0. The Labute approximate surface area is 477 Å². The lowest BCUT2D eigenvalue weighted by Gasteiger charge is -2.18. The second kappa shape index (κ2) is 65.1. The van der Waals surface area contributed by atoms with Gasteiger partial charge in [-0.3, -0.25) is 14.4 Å². The Morgan fingerprint density at radius 3 is 0.792 bits per heavy atom. The predicted octanol–water partition coefficient (Wildman–Crippen LogP) is 22.7. The van der Waals surface area contributed by atoms with Gasteiger partial charge >= 0.3 is 17.9 Å². The number of esters is 3. The molecule has 0 aliphatic rings. The molecule has 0 aliphatic heterocycles. The third-order valence-electron chi connectivity index (χ3n) is 14.4. The van der Waals surface area contributed by atoms with Gasteiger partial charge in [0.05, 0.1) is 0 Å². The van der Waals surface area contributed by atoms with Gasteiger partial charge in [-0.2, -0.15) is 0 Å². The maximum Gasteiger partial charge on any atom is 0.306 e. The summed E-state index contributed by atoms with van der Waals surface area (Å²) in [5, 5.41) is 0. The maximum absolute atomic E-state index is 12.9. The minimum absolute atomic E-state index is 0.0712. The molecule has 0 rings (SSSR count). The fourth-order valence-corrected chi connectivity index (χ4v) is 9.48. The Balaban J connectivity index is 4.15. The molecule has 0 aliphatic carbocycles. The van der Waals surface area contributed by atoms with E-state index in [0.29, 0.717) is 19.3 Å². The summed E-state index contributed by atoms with van der Waals surface area (Å²) in [7, 11) is 0. The van der Waals surface area contributed by atoms with E-state index < -0.39 is 6.10 Å². The predicted molar refractivity (Wildman–Crippen MR) is 334 cm³/mol. The Morgan fingerprint density at radius 2 is 0.506 bits per heavy atom. The summed E-state index contributed by atoms with van der Waals surface area (Å²) in [6, 6.07) is 0. The van der Waals surface area contributed by atoms with E-state index in [-0.39, 0.29) is 31.1 Å². The number of carbonyl (C=O) groups is 3. The highest BCUT2D eigenvalue weighted by molar-refractivity contribution is 5.71. The van der Waals surface area contributed by atoms with Crippen molar-refractivity contribution < 1.29 is 28.6 Å². The molecule has 0 aromatic heterocycles. The van der Waals surface area contributed by atoms with Gasteiger partial charge in [0.2, 0.25) is 0 Å². The summed E-state index contributed by atoms with van der Waals surface area (Å²) in [4.78, 5) is 38.2. The summed E-state index contributed by atoms with van der Waals surface area (Å²) in [6.07, 6.45) is 86.0. The van der Waals surface area contributed by atoms with Gasteiger partial charge in [0, 0.05) is 19.3 Å². The first-order valence-electron chi connectivity index (χ1n) is 33.1. The summed E-state index contributed by atoms with van der Waals surface area (Å²) in [5.41, 5.74) is 0. The Bertz CT molecular complexity index is 1470. The molecule has 0 saturated heterocycles. The first kappa shape index (κ1) is 73.6. The topological polar surface area (TPSA) is 78.9 Å². The van der Waals surface area contributed by atoms with E-state index in [1.54, 1.807) is 0 Å². The number of hydrogen-bond acceptors (Lipinski definition) is 6. The third kappa shape index (κ3) is 63.3. The number of carbonyl (C=O) groups excluding carboxylic acids is 3. The normalized spacial score (nSPS) is 12.6. The molecule has 0 radical (unpaired) electrons. The molecule has 0 N–H and O–H groups in total. The van der Waals surface area contributed by atoms with Crippen LogP contribution >= 0.6 is 0 Å². The van der Waals surface area contributed by atoms with Crippen molar-refractivity contribution in [1.29, 1.82) is 0 Å². The summed E-state index contributed by atoms with van der Waals surface area (Å²) in [5.74, 6) is -0.860. The van der Waals surface area contributed by atoms with Gasteiger partial charge in [-0.15, -0.1) is 0 Å². The molecule has 0 fully saturated rings. The van der Waals surface area contributed by atoms with Crippen LogP contribution in [-0.4, -0.2) is 37.2 Å². The van der Waals surface area contributed by atoms with Gasteiger partial charge in [-0.1, -0.05) is 318 Å². The highest BCUT2D eigenvalue weighted by Crippen LogP contribution is 2.17. The zero-order valence-corrected chi connectivity index (χ0v) is 51.0. The molecule has 6 heteroatoms. The molecule has 0 heterocycles. The molecule has 0 aromatic rings. The van der Waals surface area contributed by atoms with Gasteiger partial charge in [-0.25, -0.2) is 0 Å². The molecule has 444 valence electrons. The van der Waals surface area contributed by atoms with Gasteiger partial charge in [-0.05, 0) is 77.0 Å². The van der Waals surface area contributed by atoms with Crippen molar-refractivity contribution in [3.63, 3.8) is 0 Å². The highest BCUT2D eigenvalue weighted by atomic mass is 16.6. The lowest BCUT2D eigenvalue weighted by molar-refractivity contribution is -0.167. The lowest BCUT2D eigenvalue weighted by Crippen LogP contribution is -2.30. The quantitative estimate of drug-likeness (QED) is 0.0261. The Kier molecular flexibility index (Phi) is 62.2. The molecule has 0 saturated carbocycles. The molecule has 0 aromatic carbocycles. The molecule has 77 heavy (non-hydrogen) atoms. The monoisotopic (exact) mass is 1070 g/mol. The number of hydrogen-bond donors (Lipinski definition) is 0. The summed E-state index contributed by atoms with van der Waals surface area (Å²) in [6.45, 7) is 6.55. The van der Waals surface area contributed by atoms with E-state index in [1.165, 1.54) is 186 Å². The van der Waals surface area contributed by atoms with Crippen molar-refractivity contribution in [3.05, 3.63) is 85.1 Å². The second-order valence-electron chi connectivity index (χ2n) is 22.0. The number of unbranched alkanes of at least 4 members (excludes halogenated alkanes) is 35. The molecule has 0 amide bonds. The SMILES string of the molecule is CC/C=C\C/C=C\C/C=C\C/C=C\C/C=C\C/C=C\C/C=C\CCCCCCCCCCCCCC(=O)OCC(COC(=O)CCCCCCCCCCCC)OC(=O)CCCCCCCCCCCCCCCCCC. The van der Waals surface area contributed by atoms with Crippen LogP contribution in [0, 0.1) is 0 Å². The minimum Gasteiger partial charge on any atom is -0.462 e. The van der Waals surface area contributed by atoms with Crippen molar-refractivity contribution in [2.75, 3.05) is 13.2 Å². The largest absolute Gasteiger partial charge is 0.462 e. The van der Waals surface area contributed by atoms with Crippen LogP contribution in [-0.2, 0) is 28.6 Å². The summed E-state index contributed by atoms with van der Waals surface area (Å²) < 4.78 is 16.9. The van der Waals surface area contributed by atoms with Crippen molar-refractivity contribution in [3.8, 4) is 0 Å². The Hall–Kier alpha value is -3.41. The van der Waals surface area contributed by atoms with Crippen LogP contribution in [0.15, 0.2) is 85.1 Å².